The van der Waals surface area contributed by atoms with Crippen LogP contribution in [-0.2, 0) is 0 Å². The van der Waals surface area contributed by atoms with Crippen LogP contribution >= 0.6 is 0 Å². The molecule has 3 heterocycles. The van der Waals surface area contributed by atoms with E-state index < -0.39 is 0 Å². The molecule has 2 atom stereocenters. The van der Waals surface area contributed by atoms with E-state index in [0.717, 1.165) is 56.2 Å². The number of hydrogen-bond donors (Lipinski definition) is 1. The fourth-order valence-corrected chi connectivity index (χ4v) is 4.33. The average molecular weight is 360 g/mol. The Labute approximate surface area is 159 Å². The van der Waals surface area contributed by atoms with Gasteiger partial charge >= 0.3 is 0 Å². The maximum absolute atomic E-state index is 9.80. The molecule has 27 heavy (non-hydrogen) atoms. The number of rotatable bonds is 3. The molecule has 0 radical (unpaired) electrons. The summed E-state index contributed by atoms with van der Waals surface area (Å²) in [5.74, 6) is 0.808. The van der Waals surface area contributed by atoms with E-state index in [1.54, 1.807) is 0 Å². The summed E-state index contributed by atoms with van der Waals surface area (Å²) >= 11 is 0. The van der Waals surface area contributed by atoms with Crippen LogP contribution in [0.3, 0.4) is 0 Å². The highest BCUT2D eigenvalue weighted by atomic mass is 16.3. The lowest BCUT2D eigenvalue weighted by atomic mass is 10.1. The number of aliphatic hydroxyl groups excluding tert-OH is 1. The van der Waals surface area contributed by atoms with Crippen molar-refractivity contribution in [3.05, 3.63) is 54.7 Å². The van der Waals surface area contributed by atoms with Gasteiger partial charge in [0.15, 0.2) is 0 Å². The van der Waals surface area contributed by atoms with E-state index in [1.165, 1.54) is 10.8 Å². The molecule has 2 aromatic carbocycles. The fourth-order valence-electron chi connectivity index (χ4n) is 4.33. The Bertz CT molecular complexity index is 960. The first-order valence-electron chi connectivity index (χ1n) is 9.75. The van der Waals surface area contributed by atoms with Crippen LogP contribution in [-0.4, -0.2) is 58.3 Å². The molecule has 0 bridgehead atoms. The number of hydrogen-bond acceptors (Lipinski definition) is 5. The Balaban J connectivity index is 1.37. The fraction of sp³-hybridized carbons (Fsp3) is 0.364. The molecule has 2 fully saturated rings. The van der Waals surface area contributed by atoms with Crippen molar-refractivity contribution in [3.63, 3.8) is 0 Å². The lowest BCUT2D eigenvalue weighted by Crippen LogP contribution is -2.36. The van der Waals surface area contributed by atoms with Gasteiger partial charge in [-0.15, -0.1) is 0 Å². The second kappa shape index (κ2) is 6.91. The molecule has 0 amide bonds. The summed E-state index contributed by atoms with van der Waals surface area (Å²) in [4.78, 5) is 14.1. The number of aliphatic hydroxyl groups is 1. The molecule has 1 aromatic heterocycles. The number of nitrogens with zero attached hydrogens (tertiary/aromatic N) is 4. The Hall–Kier alpha value is -2.50. The molecule has 2 aliphatic rings. The zero-order chi connectivity index (χ0) is 18.2. The minimum absolute atomic E-state index is 0.161. The predicted octanol–water partition coefficient (Wildman–Crippen LogP) is 2.94. The van der Waals surface area contributed by atoms with Crippen LogP contribution in [0.5, 0.6) is 0 Å². The van der Waals surface area contributed by atoms with Crippen molar-refractivity contribution >= 4 is 16.7 Å². The first-order valence-corrected chi connectivity index (χ1v) is 9.75. The van der Waals surface area contributed by atoms with Crippen molar-refractivity contribution in [2.24, 2.45) is 0 Å². The number of anilines is 1. The first kappa shape index (κ1) is 16.7. The Morgan fingerprint density at radius 1 is 0.926 bits per heavy atom. The Kier molecular flexibility index (Phi) is 4.26. The van der Waals surface area contributed by atoms with Gasteiger partial charge in [0, 0.05) is 44.0 Å². The van der Waals surface area contributed by atoms with E-state index >= 15 is 0 Å². The quantitative estimate of drug-likeness (QED) is 0.778. The normalized spacial score (nSPS) is 23.4. The second-order valence-electron chi connectivity index (χ2n) is 7.63. The maximum Gasteiger partial charge on any atom is 0.225 e. The van der Waals surface area contributed by atoms with Crippen molar-refractivity contribution in [2.45, 2.75) is 25.0 Å². The molecular weight excluding hydrogens is 336 g/mol. The van der Waals surface area contributed by atoms with E-state index in [2.05, 4.69) is 57.2 Å². The summed E-state index contributed by atoms with van der Waals surface area (Å²) in [6.07, 6.45) is 3.70. The van der Waals surface area contributed by atoms with Crippen LogP contribution < -0.4 is 4.90 Å². The topological polar surface area (TPSA) is 52.5 Å². The summed E-state index contributed by atoms with van der Waals surface area (Å²) in [5.41, 5.74) is 2.08. The first-order chi connectivity index (χ1) is 13.3. The van der Waals surface area contributed by atoms with Gasteiger partial charge in [-0.25, -0.2) is 9.97 Å². The average Bonchev–Trinajstić information content (AvgIpc) is 3.37. The van der Waals surface area contributed by atoms with E-state index in [9.17, 15) is 5.11 Å². The third kappa shape index (κ3) is 3.29. The largest absolute Gasteiger partial charge is 0.392 e. The van der Waals surface area contributed by atoms with Crippen molar-refractivity contribution < 1.29 is 5.11 Å². The zero-order valence-electron chi connectivity index (χ0n) is 15.3. The van der Waals surface area contributed by atoms with Gasteiger partial charge in [0.2, 0.25) is 5.95 Å². The van der Waals surface area contributed by atoms with Crippen LogP contribution in [0.2, 0.25) is 0 Å². The van der Waals surface area contributed by atoms with Crippen molar-refractivity contribution in [1.29, 1.82) is 0 Å². The number of fused-ring (bicyclic) bond motifs is 1. The molecule has 5 rings (SSSR count). The number of aromatic nitrogens is 2. The highest BCUT2D eigenvalue weighted by molar-refractivity contribution is 5.86. The molecule has 5 nitrogen and oxygen atoms in total. The summed E-state index contributed by atoms with van der Waals surface area (Å²) in [6, 6.07) is 17.4. The van der Waals surface area contributed by atoms with Gasteiger partial charge in [-0.3, -0.25) is 4.90 Å². The minimum Gasteiger partial charge on any atom is -0.392 e. The number of β-amino-alcohol motifs (C(OH)–C–C–N with tert-alkyl or cyclic N) is 1. The molecular formula is C22H24N4O. The van der Waals surface area contributed by atoms with Crippen molar-refractivity contribution in [1.82, 2.24) is 14.9 Å². The van der Waals surface area contributed by atoms with Crippen LogP contribution in [0.25, 0.3) is 22.0 Å². The summed E-state index contributed by atoms with van der Waals surface area (Å²) in [6.45, 7) is 3.71. The molecule has 0 saturated carbocycles. The highest BCUT2D eigenvalue weighted by Crippen LogP contribution is 2.27. The molecule has 0 spiro atoms. The lowest BCUT2D eigenvalue weighted by Gasteiger charge is -2.23. The standard InChI is InChI=1S/C22H24N4O/c27-20-9-12-25(15-20)19-8-11-26(14-19)22-23-10-7-21(24-22)18-6-5-16-3-1-2-4-17(16)13-18/h1-7,10,13,19-20,27H,8-9,11-12,14-15H2/t19-,20-/m1/s1. The van der Waals surface area contributed by atoms with Gasteiger partial charge in [-0.2, -0.15) is 0 Å². The van der Waals surface area contributed by atoms with Crippen LogP contribution in [0, 0.1) is 0 Å². The van der Waals surface area contributed by atoms with Gasteiger partial charge in [-0.1, -0.05) is 36.4 Å². The molecule has 0 aliphatic carbocycles. The summed E-state index contributed by atoms with van der Waals surface area (Å²) < 4.78 is 0. The second-order valence-corrected chi connectivity index (χ2v) is 7.63. The predicted molar refractivity (Wildman–Crippen MR) is 108 cm³/mol. The van der Waals surface area contributed by atoms with Crippen LogP contribution in [0.4, 0.5) is 5.95 Å². The van der Waals surface area contributed by atoms with Gasteiger partial charge in [0.05, 0.1) is 11.8 Å². The van der Waals surface area contributed by atoms with Crippen molar-refractivity contribution in [3.8, 4) is 11.3 Å². The molecule has 2 aliphatic heterocycles. The Morgan fingerprint density at radius 3 is 2.67 bits per heavy atom. The lowest BCUT2D eigenvalue weighted by molar-refractivity contribution is 0.163. The molecule has 0 unspecified atom stereocenters. The third-order valence-electron chi connectivity index (χ3n) is 5.85. The maximum atomic E-state index is 9.80. The smallest absolute Gasteiger partial charge is 0.225 e. The van der Waals surface area contributed by atoms with Gasteiger partial charge in [0.1, 0.15) is 0 Å². The zero-order valence-corrected chi connectivity index (χ0v) is 15.3. The molecule has 2 saturated heterocycles. The monoisotopic (exact) mass is 360 g/mol. The molecule has 1 N–H and O–H groups in total. The van der Waals surface area contributed by atoms with Gasteiger partial charge < -0.3 is 10.0 Å². The summed E-state index contributed by atoms with van der Waals surface area (Å²) in [5, 5.41) is 12.3. The molecule has 138 valence electrons. The third-order valence-corrected chi connectivity index (χ3v) is 5.85. The number of benzene rings is 2. The summed E-state index contributed by atoms with van der Waals surface area (Å²) in [7, 11) is 0. The van der Waals surface area contributed by atoms with E-state index in [-0.39, 0.29) is 6.10 Å². The van der Waals surface area contributed by atoms with Gasteiger partial charge in [0.25, 0.3) is 0 Å². The van der Waals surface area contributed by atoms with Gasteiger partial charge in [-0.05, 0) is 35.7 Å². The van der Waals surface area contributed by atoms with Crippen LogP contribution in [0.1, 0.15) is 12.8 Å². The van der Waals surface area contributed by atoms with E-state index in [4.69, 9.17) is 4.98 Å². The van der Waals surface area contributed by atoms with E-state index in [0.29, 0.717) is 6.04 Å². The Morgan fingerprint density at radius 2 is 1.81 bits per heavy atom. The SMILES string of the molecule is O[C@@H]1CCN([C@@H]2CCN(c3nccc(-c4ccc5ccccc5c4)n3)C2)C1. The number of likely N-dealkylation sites (tertiary alicyclic amines) is 1. The molecule has 3 aromatic rings. The minimum atomic E-state index is -0.161. The van der Waals surface area contributed by atoms with Crippen molar-refractivity contribution in [2.75, 3.05) is 31.1 Å². The molecule has 5 heteroatoms. The highest BCUT2D eigenvalue weighted by Gasteiger charge is 2.33. The van der Waals surface area contributed by atoms with Crippen LogP contribution in [0.15, 0.2) is 54.7 Å². The van der Waals surface area contributed by atoms with E-state index in [1.807, 2.05) is 12.3 Å².